The molecule has 0 aliphatic rings. The molecule has 2 aromatic heterocycles. The van der Waals surface area contributed by atoms with Gasteiger partial charge in [-0.2, -0.15) is 18.3 Å². The van der Waals surface area contributed by atoms with Crippen LogP contribution >= 0.6 is 11.3 Å². The molecular formula is C22H21F3N6O6S. The molecule has 4 N–H and O–H groups in total. The number of hydrazine groups is 1. The highest BCUT2D eigenvalue weighted by molar-refractivity contribution is 7.14. The quantitative estimate of drug-likeness (QED) is 0.327. The molecule has 38 heavy (non-hydrogen) atoms. The molecule has 1 atom stereocenters. The van der Waals surface area contributed by atoms with Gasteiger partial charge in [-0.25, -0.2) is 9.48 Å². The number of nitrogens with zero attached hydrogens (tertiary/aromatic N) is 3. The van der Waals surface area contributed by atoms with Crippen LogP contribution in [-0.4, -0.2) is 58.9 Å². The van der Waals surface area contributed by atoms with E-state index >= 15 is 0 Å². The van der Waals surface area contributed by atoms with Gasteiger partial charge in [0.05, 0.1) is 23.4 Å². The SMILES string of the molecule is COc1ccccc1C(=O)NNC(=O)c1cc(C(F)(F)F)nn1-c1csc(N(C)C(=O)C(C)NC(=O)O)c1. The van der Waals surface area contributed by atoms with Crippen molar-refractivity contribution in [2.75, 3.05) is 19.1 Å². The number of hydrogen-bond acceptors (Lipinski definition) is 7. The Balaban J connectivity index is 1.86. The van der Waals surface area contributed by atoms with E-state index in [1.165, 1.54) is 44.7 Å². The molecular weight excluding hydrogens is 533 g/mol. The third-order valence-corrected chi connectivity index (χ3v) is 6.05. The van der Waals surface area contributed by atoms with E-state index in [0.717, 1.165) is 16.2 Å². The number of benzene rings is 1. The number of amides is 4. The summed E-state index contributed by atoms with van der Waals surface area (Å²) in [7, 11) is 2.69. The van der Waals surface area contributed by atoms with Crippen molar-refractivity contribution in [1.29, 1.82) is 0 Å². The second-order valence-corrected chi connectivity index (χ2v) is 8.53. The summed E-state index contributed by atoms with van der Waals surface area (Å²) in [5.41, 5.74) is 2.34. The maximum absolute atomic E-state index is 13.4. The molecule has 0 bridgehead atoms. The molecule has 3 rings (SSSR count). The number of carbonyl (C=O) groups excluding carboxylic acids is 3. The molecule has 1 aromatic carbocycles. The molecule has 2 heterocycles. The zero-order chi connectivity index (χ0) is 28.2. The molecule has 0 spiro atoms. The highest BCUT2D eigenvalue weighted by atomic mass is 32.1. The molecule has 1 unspecified atom stereocenters. The lowest BCUT2D eigenvalue weighted by Gasteiger charge is -2.19. The third kappa shape index (κ3) is 6.20. The number of methoxy groups -OCH3 is 1. The van der Waals surface area contributed by atoms with Gasteiger partial charge >= 0.3 is 12.3 Å². The minimum absolute atomic E-state index is 0.0141. The molecule has 0 saturated heterocycles. The molecule has 0 fully saturated rings. The maximum atomic E-state index is 13.4. The van der Waals surface area contributed by atoms with Crippen LogP contribution in [-0.2, 0) is 11.0 Å². The minimum Gasteiger partial charge on any atom is -0.496 e. The highest BCUT2D eigenvalue weighted by Crippen LogP contribution is 2.32. The van der Waals surface area contributed by atoms with Gasteiger partial charge < -0.3 is 20.1 Å². The minimum atomic E-state index is -4.88. The van der Waals surface area contributed by atoms with E-state index in [1.54, 1.807) is 12.1 Å². The lowest BCUT2D eigenvalue weighted by molar-refractivity contribution is -0.141. The predicted octanol–water partition coefficient (Wildman–Crippen LogP) is 2.65. The second-order valence-electron chi connectivity index (χ2n) is 7.64. The summed E-state index contributed by atoms with van der Waals surface area (Å²) in [6.07, 6.45) is -6.29. The first-order valence-electron chi connectivity index (χ1n) is 10.6. The monoisotopic (exact) mass is 554 g/mol. The van der Waals surface area contributed by atoms with E-state index < -0.39 is 47.4 Å². The number of alkyl halides is 3. The smallest absolute Gasteiger partial charge is 0.435 e. The first-order chi connectivity index (χ1) is 17.8. The standard InChI is InChI=1S/C22H21F3N6O6S/c1-11(26-21(35)36)20(34)30(2)17-8-12(10-38-17)31-14(9-16(29-31)22(23,24)25)19(33)28-27-18(32)13-6-4-5-7-15(13)37-3/h4-11,26H,1-3H3,(H,27,32)(H,28,33)(H,35,36). The first-order valence-corrected chi connectivity index (χ1v) is 11.5. The molecule has 12 nitrogen and oxygen atoms in total. The van der Waals surface area contributed by atoms with Crippen molar-refractivity contribution in [2.24, 2.45) is 0 Å². The Morgan fingerprint density at radius 3 is 2.42 bits per heavy atom. The van der Waals surface area contributed by atoms with Gasteiger partial charge in [-0.15, -0.1) is 11.3 Å². The molecule has 0 saturated carbocycles. The van der Waals surface area contributed by atoms with Gasteiger partial charge in [-0.1, -0.05) is 12.1 Å². The molecule has 16 heteroatoms. The van der Waals surface area contributed by atoms with Gasteiger partial charge in [0, 0.05) is 18.5 Å². The summed E-state index contributed by atoms with van der Waals surface area (Å²) < 4.78 is 46.0. The number of carboxylic acid groups (broad SMARTS) is 1. The van der Waals surface area contributed by atoms with Crippen molar-refractivity contribution in [1.82, 2.24) is 25.9 Å². The van der Waals surface area contributed by atoms with Gasteiger partial charge in [0.1, 0.15) is 17.5 Å². The summed E-state index contributed by atoms with van der Waals surface area (Å²) in [5.74, 6) is -2.30. The normalized spacial score (nSPS) is 11.8. The van der Waals surface area contributed by atoms with Gasteiger partial charge in [-0.05, 0) is 25.1 Å². The number of halogens is 3. The van der Waals surface area contributed by atoms with Crippen LogP contribution in [0, 0.1) is 0 Å². The van der Waals surface area contributed by atoms with Gasteiger partial charge in [-0.3, -0.25) is 25.2 Å². The van der Waals surface area contributed by atoms with Crippen molar-refractivity contribution in [2.45, 2.75) is 19.1 Å². The zero-order valence-corrected chi connectivity index (χ0v) is 20.8. The van der Waals surface area contributed by atoms with Crippen LogP contribution in [0.5, 0.6) is 5.75 Å². The predicted molar refractivity (Wildman–Crippen MR) is 128 cm³/mol. The maximum Gasteiger partial charge on any atom is 0.435 e. The van der Waals surface area contributed by atoms with Gasteiger partial charge in [0.25, 0.3) is 11.8 Å². The summed E-state index contributed by atoms with van der Waals surface area (Å²) in [5, 5.41) is 15.9. The Hall–Kier alpha value is -4.60. The van der Waals surface area contributed by atoms with Crippen molar-refractivity contribution < 1.29 is 42.2 Å². The number of likely N-dealkylation sites (N-methyl/N-ethyl adjacent to an activating group) is 1. The Labute approximate surface area is 217 Å². The van der Waals surface area contributed by atoms with Crippen LogP contribution < -0.4 is 25.8 Å². The summed E-state index contributed by atoms with van der Waals surface area (Å²) in [6.45, 7) is 1.33. The lowest BCUT2D eigenvalue weighted by atomic mass is 10.2. The largest absolute Gasteiger partial charge is 0.496 e. The Morgan fingerprint density at radius 1 is 1.13 bits per heavy atom. The van der Waals surface area contributed by atoms with Crippen molar-refractivity contribution in [3.8, 4) is 11.4 Å². The van der Waals surface area contributed by atoms with Crippen molar-refractivity contribution in [3.63, 3.8) is 0 Å². The Bertz CT molecular complexity index is 1370. The van der Waals surface area contributed by atoms with E-state index in [2.05, 4.69) is 16.0 Å². The number of hydrogen-bond donors (Lipinski definition) is 4. The fourth-order valence-electron chi connectivity index (χ4n) is 3.20. The Morgan fingerprint density at radius 2 is 1.79 bits per heavy atom. The average Bonchev–Trinajstić information content (AvgIpc) is 3.53. The first kappa shape index (κ1) is 28.0. The van der Waals surface area contributed by atoms with Crippen LogP contribution in [0.3, 0.4) is 0 Å². The molecule has 0 aliphatic heterocycles. The molecule has 3 aromatic rings. The van der Waals surface area contributed by atoms with Crippen molar-refractivity contribution in [3.05, 3.63) is 58.7 Å². The number of nitrogens with one attached hydrogen (secondary N) is 3. The topological polar surface area (TPSA) is 155 Å². The number of rotatable bonds is 7. The van der Waals surface area contributed by atoms with E-state index in [9.17, 15) is 32.3 Å². The number of ether oxygens (including phenoxy) is 1. The zero-order valence-electron chi connectivity index (χ0n) is 20.0. The molecule has 0 radical (unpaired) electrons. The molecule has 202 valence electrons. The van der Waals surface area contributed by atoms with E-state index in [0.29, 0.717) is 10.7 Å². The van der Waals surface area contributed by atoms with E-state index in [-0.39, 0.29) is 22.0 Å². The van der Waals surface area contributed by atoms with Crippen LogP contribution in [0.4, 0.5) is 23.0 Å². The number of anilines is 1. The van der Waals surface area contributed by atoms with Crippen LogP contribution in [0.1, 0.15) is 33.5 Å². The fraction of sp³-hybridized carbons (Fsp3) is 0.227. The highest BCUT2D eigenvalue weighted by Gasteiger charge is 2.36. The van der Waals surface area contributed by atoms with Gasteiger partial charge in [0.2, 0.25) is 5.91 Å². The third-order valence-electron chi connectivity index (χ3n) is 5.06. The second kappa shape index (κ2) is 11.2. The summed E-state index contributed by atoms with van der Waals surface area (Å²) in [6, 6.07) is 6.81. The number of thiophene rings is 1. The Kier molecular flexibility index (Phi) is 8.25. The van der Waals surface area contributed by atoms with Gasteiger partial charge in [0.15, 0.2) is 5.69 Å². The number of aromatic nitrogens is 2. The van der Waals surface area contributed by atoms with Crippen LogP contribution in [0.25, 0.3) is 5.69 Å². The van der Waals surface area contributed by atoms with Crippen LogP contribution in [0.2, 0.25) is 0 Å². The molecule has 0 aliphatic carbocycles. The van der Waals surface area contributed by atoms with E-state index in [4.69, 9.17) is 9.84 Å². The number of para-hydroxylation sites is 1. The fourth-order valence-corrected chi connectivity index (χ4v) is 4.05. The van der Waals surface area contributed by atoms with E-state index in [1.807, 2.05) is 5.32 Å². The molecule has 4 amide bonds. The summed E-state index contributed by atoms with van der Waals surface area (Å²) in [4.78, 5) is 49.6. The lowest BCUT2D eigenvalue weighted by Crippen LogP contribution is -2.45. The summed E-state index contributed by atoms with van der Waals surface area (Å²) >= 11 is 0.946. The van der Waals surface area contributed by atoms with Crippen LogP contribution in [0.15, 0.2) is 41.8 Å². The average molecular weight is 555 g/mol. The van der Waals surface area contributed by atoms with Crippen molar-refractivity contribution >= 4 is 40.2 Å². The number of carbonyl (C=O) groups is 4.